The van der Waals surface area contributed by atoms with Crippen molar-refractivity contribution in [2.24, 2.45) is 0 Å². The first kappa shape index (κ1) is 15.6. The number of aromatic nitrogens is 2. The fourth-order valence-corrected chi connectivity index (χ4v) is 2.46. The highest BCUT2D eigenvalue weighted by atomic mass is 32.1. The Balaban J connectivity index is 1.69. The molecular formula is C15H10N4O4S. The third-order valence-electron chi connectivity index (χ3n) is 2.91. The number of hydrogen-bond acceptors (Lipinski definition) is 7. The molecule has 0 spiro atoms. The van der Waals surface area contributed by atoms with E-state index in [4.69, 9.17) is 4.42 Å². The lowest BCUT2D eigenvalue weighted by atomic mass is 10.2. The van der Waals surface area contributed by atoms with Crippen LogP contribution in [0.2, 0.25) is 0 Å². The molecule has 2 aromatic heterocycles. The number of rotatable bonds is 5. The minimum absolute atomic E-state index is 0.151. The van der Waals surface area contributed by atoms with Crippen LogP contribution in [0, 0.1) is 10.1 Å². The number of nitrogens with one attached hydrogen (secondary N) is 1. The predicted octanol–water partition coefficient (Wildman–Crippen LogP) is 3.46. The molecule has 2 heterocycles. The zero-order valence-corrected chi connectivity index (χ0v) is 12.9. The zero-order valence-electron chi connectivity index (χ0n) is 12.1. The molecule has 1 N–H and O–H groups in total. The monoisotopic (exact) mass is 342 g/mol. The summed E-state index contributed by atoms with van der Waals surface area (Å²) < 4.78 is 5.16. The Hall–Kier alpha value is -3.33. The third kappa shape index (κ3) is 3.70. The Labute approximate surface area is 139 Å². The van der Waals surface area contributed by atoms with E-state index < -0.39 is 10.8 Å². The molecule has 3 rings (SSSR count). The standard InChI is InChI=1S/C15H10N4O4S/c20-14(10-3-1-4-11(9-10)19(21)22)16-15-18-17-13(24-15)7-6-12-5-2-8-23-12/h1-9H,(H,16,18,20)/b7-6+. The maximum atomic E-state index is 12.1. The number of non-ortho nitro benzene ring substituents is 1. The van der Waals surface area contributed by atoms with Crippen molar-refractivity contribution in [2.75, 3.05) is 5.32 Å². The molecule has 0 aliphatic carbocycles. The molecule has 0 aliphatic rings. The van der Waals surface area contributed by atoms with Crippen LogP contribution in [0.4, 0.5) is 10.8 Å². The predicted molar refractivity (Wildman–Crippen MR) is 88.6 cm³/mol. The first-order valence-corrected chi connectivity index (χ1v) is 7.54. The molecule has 0 radical (unpaired) electrons. The van der Waals surface area contributed by atoms with E-state index in [1.807, 2.05) is 0 Å². The summed E-state index contributed by atoms with van der Waals surface area (Å²) in [6, 6.07) is 9.02. The Morgan fingerprint density at radius 3 is 2.88 bits per heavy atom. The molecule has 0 saturated carbocycles. The van der Waals surface area contributed by atoms with Gasteiger partial charge in [0.1, 0.15) is 10.8 Å². The average Bonchev–Trinajstić information content (AvgIpc) is 3.24. The van der Waals surface area contributed by atoms with Crippen LogP contribution in [0.15, 0.2) is 47.1 Å². The van der Waals surface area contributed by atoms with Gasteiger partial charge in [-0.3, -0.25) is 20.2 Å². The van der Waals surface area contributed by atoms with Gasteiger partial charge in [0.2, 0.25) is 5.13 Å². The molecule has 9 heteroatoms. The highest BCUT2D eigenvalue weighted by molar-refractivity contribution is 7.16. The van der Waals surface area contributed by atoms with Gasteiger partial charge in [0, 0.05) is 17.7 Å². The summed E-state index contributed by atoms with van der Waals surface area (Å²) in [6.07, 6.45) is 5.00. The summed E-state index contributed by atoms with van der Waals surface area (Å²) in [5.74, 6) is 0.184. The van der Waals surface area contributed by atoms with Crippen molar-refractivity contribution in [3.8, 4) is 0 Å². The average molecular weight is 342 g/mol. The first-order chi connectivity index (χ1) is 11.6. The van der Waals surface area contributed by atoms with E-state index >= 15 is 0 Å². The maximum absolute atomic E-state index is 12.1. The van der Waals surface area contributed by atoms with Gasteiger partial charge in [-0.1, -0.05) is 17.4 Å². The molecule has 24 heavy (non-hydrogen) atoms. The topological polar surface area (TPSA) is 111 Å². The number of nitro groups is 1. The highest BCUT2D eigenvalue weighted by Gasteiger charge is 2.13. The summed E-state index contributed by atoms with van der Waals surface area (Å²) in [6.45, 7) is 0. The van der Waals surface area contributed by atoms with Crippen LogP contribution in [0.5, 0.6) is 0 Å². The van der Waals surface area contributed by atoms with E-state index in [2.05, 4.69) is 15.5 Å². The van der Waals surface area contributed by atoms with Crippen molar-refractivity contribution in [3.05, 3.63) is 69.1 Å². The Bertz CT molecular complexity index is 902. The van der Waals surface area contributed by atoms with E-state index in [9.17, 15) is 14.9 Å². The highest BCUT2D eigenvalue weighted by Crippen LogP contribution is 2.20. The van der Waals surface area contributed by atoms with E-state index in [0.717, 1.165) is 0 Å². The van der Waals surface area contributed by atoms with Crippen LogP contribution in [0.25, 0.3) is 12.2 Å². The van der Waals surface area contributed by atoms with Crippen molar-refractivity contribution in [1.29, 1.82) is 0 Å². The van der Waals surface area contributed by atoms with Gasteiger partial charge in [-0.25, -0.2) is 0 Å². The quantitative estimate of drug-likeness (QED) is 0.561. The molecule has 1 aromatic carbocycles. The number of nitrogens with zero attached hydrogens (tertiary/aromatic N) is 3. The van der Waals surface area contributed by atoms with Crippen LogP contribution in [0.3, 0.4) is 0 Å². The molecule has 3 aromatic rings. The van der Waals surface area contributed by atoms with Crippen LogP contribution in [-0.2, 0) is 0 Å². The van der Waals surface area contributed by atoms with Gasteiger partial charge in [0.05, 0.1) is 11.2 Å². The maximum Gasteiger partial charge on any atom is 0.270 e. The molecule has 8 nitrogen and oxygen atoms in total. The minimum Gasteiger partial charge on any atom is -0.465 e. The molecule has 0 unspecified atom stereocenters. The van der Waals surface area contributed by atoms with Crippen molar-refractivity contribution in [2.45, 2.75) is 0 Å². The fourth-order valence-electron chi connectivity index (χ4n) is 1.82. The van der Waals surface area contributed by atoms with Gasteiger partial charge in [-0.05, 0) is 30.4 Å². The Morgan fingerprint density at radius 2 is 2.12 bits per heavy atom. The lowest BCUT2D eigenvalue weighted by Gasteiger charge is -2.00. The minimum atomic E-state index is -0.556. The van der Waals surface area contributed by atoms with E-state index in [1.165, 1.54) is 35.6 Å². The van der Waals surface area contributed by atoms with Crippen LogP contribution in [-0.4, -0.2) is 21.0 Å². The number of amides is 1. The molecule has 0 atom stereocenters. The second kappa shape index (κ2) is 6.84. The summed E-state index contributed by atoms with van der Waals surface area (Å²) in [5, 5.41) is 22.0. The number of furan rings is 1. The number of nitro benzene ring substituents is 1. The molecular weight excluding hydrogens is 332 g/mol. The van der Waals surface area contributed by atoms with Crippen molar-refractivity contribution in [1.82, 2.24) is 10.2 Å². The smallest absolute Gasteiger partial charge is 0.270 e. The van der Waals surface area contributed by atoms with Gasteiger partial charge in [0.25, 0.3) is 11.6 Å². The van der Waals surface area contributed by atoms with Crippen molar-refractivity contribution in [3.63, 3.8) is 0 Å². The summed E-state index contributed by atoms with van der Waals surface area (Å²) in [4.78, 5) is 22.3. The molecule has 120 valence electrons. The third-order valence-corrected chi connectivity index (χ3v) is 3.72. The number of benzene rings is 1. The number of carbonyl (C=O) groups is 1. The van der Waals surface area contributed by atoms with Gasteiger partial charge >= 0.3 is 0 Å². The lowest BCUT2D eigenvalue weighted by molar-refractivity contribution is -0.384. The van der Waals surface area contributed by atoms with E-state index in [-0.39, 0.29) is 11.3 Å². The summed E-state index contributed by atoms with van der Waals surface area (Å²) in [5.41, 5.74) is 0.0223. The van der Waals surface area contributed by atoms with Crippen LogP contribution < -0.4 is 5.32 Å². The molecule has 0 aliphatic heterocycles. The summed E-state index contributed by atoms with van der Waals surface area (Å²) in [7, 11) is 0. The molecule has 0 saturated heterocycles. The van der Waals surface area contributed by atoms with Crippen LogP contribution >= 0.6 is 11.3 Å². The SMILES string of the molecule is O=C(Nc1nnc(/C=C/c2ccco2)s1)c1cccc([N+](=O)[O-])c1. The Kier molecular flexibility index (Phi) is 4.43. The van der Waals surface area contributed by atoms with Crippen molar-refractivity contribution < 1.29 is 14.1 Å². The van der Waals surface area contributed by atoms with Gasteiger partial charge < -0.3 is 4.42 Å². The number of anilines is 1. The number of hydrogen-bond donors (Lipinski definition) is 1. The second-order valence-electron chi connectivity index (χ2n) is 4.56. The molecule has 0 fully saturated rings. The summed E-state index contributed by atoms with van der Waals surface area (Å²) >= 11 is 1.17. The number of carbonyl (C=O) groups excluding carboxylic acids is 1. The zero-order chi connectivity index (χ0) is 16.9. The molecule has 1 amide bonds. The van der Waals surface area contributed by atoms with E-state index in [1.54, 1.807) is 30.5 Å². The van der Waals surface area contributed by atoms with Gasteiger partial charge in [-0.15, -0.1) is 10.2 Å². The van der Waals surface area contributed by atoms with E-state index in [0.29, 0.717) is 15.9 Å². The largest absolute Gasteiger partial charge is 0.465 e. The lowest BCUT2D eigenvalue weighted by Crippen LogP contribution is -2.11. The van der Waals surface area contributed by atoms with Gasteiger partial charge in [-0.2, -0.15) is 0 Å². The normalized spacial score (nSPS) is 10.8. The van der Waals surface area contributed by atoms with Crippen LogP contribution in [0.1, 0.15) is 21.1 Å². The first-order valence-electron chi connectivity index (χ1n) is 6.73. The fraction of sp³-hybridized carbons (Fsp3) is 0. The second-order valence-corrected chi connectivity index (χ2v) is 5.56. The Morgan fingerprint density at radius 1 is 1.25 bits per heavy atom. The molecule has 0 bridgehead atoms. The van der Waals surface area contributed by atoms with Gasteiger partial charge in [0.15, 0.2) is 0 Å². The van der Waals surface area contributed by atoms with Crippen molar-refractivity contribution >= 4 is 40.2 Å².